The smallest absolute Gasteiger partial charge is 0.325 e. The Labute approximate surface area is 170 Å². The molecule has 1 aromatic rings. The fourth-order valence-corrected chi connectivity index (χ4v) is 4.53. The van der Waals surface area contributed by atoms with Gasteiger partial charge in [0, 0.05) is 13.0 Å². The van der Waals surface area contributed by atoms with Gasteiger partial charge in [-0.05, 0) is 25.0 Å². The van der Waals surface area contributed by atoms with Crippen molar-refractivity contribution in [2.24, 2.45) is 0 Å². The molecule has 28 heavy (non-hydrogen) atoms. The Balaban J connectivity index is 1.61. The zero-order valence-corrected chi connectivity index (χ0v) is 16.5. The molecule has 0 aromatic heterocycles. The molecule has 10 heteroatoms. The number of thioether (sulfide) groups is 1. The SMILES string of the molecule is O=C(CCN1C(=O)NC2(CCCCC2)C1=O)Nc1cccc(Cl)c1SC(F)F. The summed E-state index contributed by atoms with van der Waals surface area (Å²) >= 11 is 6.19. The van der Waals surface area contributed by atoms with E-state index in [1.807, 2.05) is 0 Å². The lowest BCUT2D eigenvalue weighted by Crippen LogP contribution is -2.48. The second kappa shape index (κ2) is 8.65. The molecule has 0 unspecified atom stereocenters. The number of carbonyl (C=O) groups excluding carboxylic acids is 3. The van der Waals surface area contributed by atoms with Crippen LogP contribution in [0.3, 0.4) is 0 Å². The van der Waals surface area contributed by atoms with Gasteiger partial charge in [0.1, 0.15) is 5.54 Å². The largest absolute Gasteiger partial charge is 0.325 e. The number of benzene rings is 1. The third-order valence-corrected chi connectivity index (χ3v) is 6.24. The van der Waals surface area contributed by atoms with Crippen molar-refractivity contribution in [3.63, 3.8) is 0 Å². The maximum Gasteiger partial charge on any atom is 0.325 e. The molecule has 1 spiro atoms. The highest BCUT2D eigenvalue weighted by molar-refractivity contribution is 7.99. The number of imide groups is 1. The predicted octanol–water partition coefficient (Wildman–Crippen LogP) is 4.24. The number of hydrogen-bond donors (Lipinski definition) is 2. The van der Waals surface area contributed by atoms with Crippen LogP contribution in [-0.2, 0) is 9.59 Å². The van der Waals surface area contributed by atoms with Crippen molar-refractivity contribution >= 4 is 46.9 Å². The van der Waals surface area contributed by atoms with Crippen molar-refractivity contribution in [2.45, 2.75) is 54.7 Å². The third-order valence-electron chi connectivity index (χ3n) is 4.96. The van der Waals surface area contributed by atoms with E-state index in [4.69, 9.17) is 11.6 Å². The molecular formula is C18H20ClF2N3O3S. The number of halogens is 3. The average molecular weight is 432 g/mol. The molecule has 1 saturated heterocycles. The van der Waals surface area contributed by atoms with E-state index in [1.165, 1.54) is 18.2 Å². The first-order valence-corrected chi connectivity index (χ1v) is 10.3. The van der Waals surface area contributed by atoms with E-state index in [0.717, 1.165) is 24.2 Å². The van der Waals surface area contributed by atoms with Crippen LogP contribution in [0, 0.1) is 0 Å². The molecule has 1 saturated carbocycles. The molecule has 4 amide bonds. The van der Waals surface area contributed by atoms with E-state index in [-0.39, 0.29) is 46.2 Å². The number of urea groups is 1. The van der Waals surface area contributed by atoms with Crippen LogP contribution >= 0.6 is 23.4 Å². The zero-order chi connectivity index (χ0) is 20.3. The molecular weight excluding hydrogens is 412 g/mol. The fraction of sp³-hybridized carbons (Fsp3) is 0.500. The van der Waals surface area contributed by atoms with Gasteiger partial charge in [0.25, 0.3) is 11.7 Å². The Morgan fingerprint density at radius 1 is 1.29 bits per heavy atom. The standard InChI is InChI=1S/C18H20ClF2N3O3S/c19-11-5-4-6-12(14(11)28-16(20)21)22-13(25)7-10-24-15(26)18(23-17(24)27)8-2-1-3-9-18/h4-6,16H,1-3,7-10H2,(H,22,25)(H,23,27). The minimum Gasteiger partial charge on any atom is -0.325 e. The first kappa shape index (κ1) is 20.9. The summed E-state index contributed by atoms with van der Waals surface area (Å²) in [7, 11) is 0. The van der Waals surface area contributed by atoms with Gasteiger partial charge >= 0.3 is 6.03 Å². The molecule has 0 atom stereocenters. The Morgan fingerprint density at radius 2 is 2.00 bits per heavy atom. The number of carbonyl (C=O) groups is 3. The molecule has 3 rings (SSSR count). The van der Waals surface area contributed by atoms with E-state index in [9.17, 15) is 23.2 Å². The monoisotopic (exact) mass is 431 g/mol. The molecule has 2 fully saturated rings. The number of alkyl halides is 2. The van der Waals surface area contributed by atoms with Crippen molar-refractivity contribution < 1.29 is 23.2 Å². The zero-order valence-electron chi connectivity index (χ0n) is 15.0. The van der Waals surface area contributed by atoms with Gasteiger partial charge in [-0.3, -0.25) is 14.5 Å². The van der Waals surface area contributed by atoms with Gasteiger partial charge in [-0.1, -0.05) is 48.7 Å². The Bertz CT molecular complexity index is 787. The fourth-order valence-electron chi connectivity index (χ4n) is 3.62. The Morgan fingerprint density at radius 3 is 2.68 bits per heavy atom. The number of amides is 4. The third kappa shape index (κ3) is 4.41. The van der Waals surface area contributed by atoms with Crippen molar-refractivity contribution in [1.82, 2.24) is 10.2 Å². The van der Waals surface area contributed by atoms with E-state index < -0.39 is 23.2 Å². The second-order valence-electron chi connectivity index (χ2n) is 6.82. The highest BCUT2D eigenvalue weighted by Crippen LogP contribution is 2.38. The number of anilines is 1. The summed E-state index contributed by atoms with van der Waals surface area (Å²) in [5.74, 6) is -3.47. The van der Waals surface area contributed by atoms with Gasteiger partial charge in [-0.25, -0.2) is 4.79 Å². The van der Waals surface area contributed by atoms with Crippen LogP contribution in [0.2, 0.25) is 5.02 Å². The molecule has 1 aromatic carbocycles. The topological polar surface area (TPSA) is 78.5 Å². The van der Waals surface area contributed by atoms with Crippen LogP contribution in [0.25, 0.3) is 0 Å². The average Bonchev–Trinajstić information content (AvgIpc) is 2.86. The lowest BCUT2D eigenvalue weighted by atomic mass is 9.82. The molecule has 1 aliphatic carbocycles. The molecule has 1 aliphatic heterocycles. The van der Waals surface area contributed by atoms with E-state index in [0.29, 0.717) is 12.8 Å². The van der Waals surface area contributed by atoms with Gasteiger partial charge in [-0.15, -0.1) is 0 Å². The summed E-state index contributed by atoms with van der Waals surface area (Å²) in [6, 6.07) is 3.98. The summed E-state index contributed by atoms with van der Waals surface area (Å²) in [6.07, 6.45) is 3.86. The maximum absolute atomic E-state index is 12.7. The van der Waals surface area contributed by atoms with E-state index in [2.05, 4.69) is 10.6 Å². The van der Waals surface area contributed by atoms with E-state index in [1.54, 1.807) is 0 Å². The van der Waals surface area contributed by atoms with Crippen LogP contribution in [0.4, 0.5) is 19.3 Å². The van der Waals surface area contributed by atoms with Crippen LogP contribution in [0.1, 0.15) is 38.5 Å². The van der Waals surface area contributed by atoms with Crippen molar-refractivity contribution in [1.29, 1.82) is 0 Å². The summed E-state index contributed by atoms with van der Waals surface area (Å²) in [5.41, 5.74) is -0.663. The second-order valence-corrected chi connectivity index (χ2v) is 8.23. The first-order valence-electron chi connectivity index (χ1n) is 9.00. The predicted molar refractivity (Wildman–Crippen MR) is 103 cm³/mol. The number of rotatable bonds is 6. The van der Waals surface area contributed by atoms with Crippen LogP contribution in [0.15, 0.2) is 23.1 Å². The van der Waals surface area contributed by atoms with Crippen molar-refractivity contribution in [2.75, 3.05) is 11.9 Å². The Hall–Kier alpha value is -1.87. The van der Waals surface area contributed by atoms with Crippen molar-refractivity contribution in [3.05, 3.63) is 23.2 Å². The first-order chi connectivity index (χ1) is 13.3. The quantitative estimate of drug-likeness (QED) is 0.521. The van der Waals surface area contributed by atoms with Gasteiger partial charge in [0.2, 0.25) is 5.91 Å². The summed E-state index contributed by atoms with van der Waals surface area (Å²) in [6.45, 7) is -0.0733. The van der Waals surface area contributed by atoms with Crippen molar-refractivity contribution in [3.8, 4) is 0 Å². The number of nitrogens with zero attached hydrogens (tertiary/aromatic N) is 1. The van der Waals surface area contributed by atoms with Crippen LogP contribution in [-0.4, -0.2) is 40.6 Å². The minimum absolute atomic E-state index is 0.0728. The molecule has 6 nitrogen and oxygen atoms in total. The molecule has 0 radical (unpaired) electrons. The minimum atomic E-state index is -2.69. The van der Waals surface area contributed by atoms with Gasteiger partial charge in [0.15, 0.2) is 0 Å². The lowest BCUT2D eigenvalue weighted by Gasteiger charge is -2.30. The Kier molecular flexibility index (Phi) is 6.44. The number of nitrogens with one attached hydrogen (secondary N) is 2. The molecule has 2 aliphatic rings. The molecule has 1 heterocycles. The highest BCUT2D eigenvalue weighted by Gasteiger charge is 2.51. The van der Waals surface area contributed by atoms with Gasteiger partial charge in [0.05, 0.1) is 15.6 Å². The number of hydrogen-bond acceptors (Lipinski definition) is 4. The molecule has 152 valence electrons. The lowest BCUT2D eigenvalue weighted by molar-refractivity contribution is -0.132. The van der Waals surface area contributed by atoms with Gasteiger partial charge < -0.3 is 10.6 Å². The van der Waals surface area contributed by atoms with Crippen LogP contribution in [0.5, 0.6) is 0 Å². The molecule has 2 N–H and O–H groups in total. The van der Waals surface area contributed by atoms with Gasteiger partial charge in [-0.2, -0.15) is 8.78 Å². The molecule has 0 bridgehead atoms. The summed E-state index contributed by atoms with van der Waals surface area (Å²) < 4.78 is 25.5. The highest BCUT2D eigenvalue weighted by atomic mass is 35.5. The normalized spacial score (nSPS) is 18.6. The summed E-state index contributed by atoms with van der Waals surface area (Å²) in [5, 5.41) is 5.42. The summed E-state index contributed by atoms with van der Waals surface area (Å²) in [4.78, 5) is 38.3. The van der Waals surface area contributed by atoms with Crippen LogP contribution < -0.4 is 10.6 Å². The maximum atomic E-state index is 12.7. The van der Waals surface area contributed by atoms with E-state index >= 15 is 0 Å².